The number of hydrogen-bond acceptors (Lipinski definition) is 2. The van der Waals surface area contributed by atoms with Gasteiger partial charge < -0.3 is 10.6 Å². The van der Waals surface area contributed by atoms with Crippen LogP contribution in [-0.2, 0) is 6.42 Å². The second kappa shape index (κ2) is 7.82. The van der Waals surface area contributed by atoms with Crippen LogP contribution in [0.1, 0.15) is 38.7 Å². The zero-order chi connectivity index (χ0) is 14.3. The summed E-state index contributed by atoms with van der Waals surface area (Å²) in [6.07, 6.45) is 6.03. The summed E-state index contributed by atoms with van der Waals surface area (Å²) in [5.74, 6) is -0.129. The molecule has 0 aliphatic rings. The topological polar surface area (TPSA) is 24.1 Å². The third-order valence-corrected chi connectivity index (χ3v) is 3.39. The molecule has 0 aliphatic heterocycles. The number of halogens is 1. The number of rotatable bonds is 7. The molecule has 1 aromatic rings. The lowest BCUT2D eigenvalue weighted by molar-refractivity contribution is 0.608. The van der Waals surface area contributed by atoms with Gasteiger partial charge >= 0.3 is 0 Å². The average Bonchev–Trinajstić information content (AvgIpc) is 2.44. The first kappa shape index (κ1) is 15.5. The van der Waals surface area contributed by atoms with E-state index in [-0.39, 0.29) is 5.82 Å². The average molecular weight is 264 g/mol. The van der Waals surface area contributed by atoms with Gasteiger partial charge in [-0.15, -0.1) is 0 Å². The fourth-order valence-electron chi connectivity index (χ4n) is 2.23. The van der Waals surface area contributed by atoms with Crippen LogP contribution in [0.3, 0.4) is 0 Å². The molecule has 0 unspecified atom stereocenters. The number of anilines is 2. The van der Waals surface area contributed by atoms with Crippen LogP contribution in [0.25, 0.3) is 0 Å². The Labute approximate surface area is 116 Å². The summed E-state index contributed by atoms with van der Waals surface area (Å²) in [5, 5.41) is 6.09. The Balaban J connectivity index is 2.86. The smallest absolute Gasteiger partial charge is 0.128 e. The van der Waals surface area contributed by atoms with E-state index in [1.807, 2.05) is 13.1 Å². The highest BCUT2D eigenvalue weighted by Crippen LogP contribution is 2.26. The van der Waals surface area contributed by atoms with Crippen LogP contribution < -0.4 is 10.6 Å². The molecule has 0 saturated heterocycles. The van der Waals surface area contributed by atoms with Gasteiger partial charge in [-0.25, -0.2) is 4.39 Å². The van der Waals surface area contributed by atoms with E-state index in [0.717, 1.165) is 42.6 Å². The molecule has 0 amide bonds. The van der Waals surface area contributed by atoms with Crippen molar-refractivity contribution in [1.29, 1.82) is 0 Å². The van der Waals surface area contributed by atoms with E-state index in [4.69, 9.17) is 0 Å². The molecule has 0 fully saturated rings. The molecule has 0 radical (unpaired) electrons. The molecular formula is C16H25FN2. The Morgan fingerprint density at radius 3 is 2.32 bits per heavy atom. The second-order valence-electron chi connectivity index (χ2n) is 4.61. The van der Waals surface area contributed by atoms with Crippen molar-refractivity contribution in [2.24, 2.45) is 0 Å². The summed E-state index contributed by atoms with van der Waals surface area (Å²) in [6.45, 7) is 4.29. The van der Waals surface area contributed by atoms with Gasteiger partial charge in [-0.3, -0.25) is 0 Å². The van der Waals surface area contributed by atoms with E-state index < -0.39 is 0 Å². The highest BCUT2D eigenvalue weighted by molar-refractivity contribution is 5.69. The fourth-order valence-corrected chi connectivity index (χ4v) is 2.23. The molecule has 0 spiro atoms. The van der Waals surface area contributed by atoms with E-state index >= 15 is 0 Å². The number of allylic oxidation sites excluding steroid dienone is 2. The normalized spacial score (nSPS) is 11.5. The zero-order valence-electron chi connectivity index (χ0n) is 12.4. The first-order chi connectivity index (χ1) is 9.15. The molecule has 3 heteroatoms. The monoisotopic (exact) mass is 264 g/mol. The Bertz CT molecular complexity index is 439. The maximum atomic E-state index is 14.0. The minimum absolute atomic E-state index is 0.129. The molecule has 19 heavy (non-hydrogen) atoms. The molecule has 106 valence electrons. The zero-order valence-corrected chi connectivity index (χ0v) is 12.4. The maximum Gasteiger partial charge on any atom is 0.128 e. The largest absolute Gasteiger partial charge is 0.386 e. The second-order valence-corrected chi connectivity index (χ2v) is 4.61. The Hall–Kier alpha value is -1.51. The number of hydrogen-bond donors (Lipinski definition) is 2. The SMILES string of the molecule is CC/C=C(/CC)CCc1cc(NC)c(NC)cc1F. The lowest BCUT2D eigenvalue weighted by Gasteiger charge is -2.13. The van der Waals surface area contributed by atoms with Gasteiger partial charge in [-0.1, -0.05) is 25.5 Å². The minimum Gasteiger partial charge on any atom is -0.386 e. The van der Waals surface area contributed by atoms with Gasteiger partial charge in [0.1, 0.15) is 5.82 Å². The van der Waals surface area contributed by atoms with Gasteiger partial charge in [0, 0.05) is 14.1 Å². The highest BCUT2D eigenvalue weighted by Gasteiger charge is 2.08. The standard InChI is InChI=1S/C16H25FN2/c1-5-7-12(6-2)8-9-13-10-15(18-3)16(19-4)11-14(13)17/h7,10-11,18-19H,5-6,8-9H2,1-4H3/b12-7-. The van der Waals surface area contributed by atoms with Crippen LogP contribution in [0.15, 0.2) is 23.8 Å². The van der Waals surface area contributed by atoms with Crippen LogP contribution >= 0.6 is 0 Å². The molecule has 2 nitrogen and oxygen atoms in total. The highest BCUT2D eigenvalue weighted by atomic mass is 19.1. The predicted molar refractivity (Wildman–Crippen MR) is 82.5 cm³/mol. The molecule has 0 aromatic heterocycles. The maximum absolute atomic E-state index is 14.0. The van der Waals surface area contributed by atoms with Crippen molar-refractivity contribution in [2.45, 2.75) is 39.5 Å². The summed E-state index contributed by atoms with van der Waals surface area (Å²) < 4.78 is 14.0. The predicted octanol–water partition coefficient (Wildman–Crippen LogP) is 4.59. The number of aryl methyl sites for hydroxylation is 1. The van der Waals surface area contributed by atoms with Crippen LogP contribution in [-0.4, -0.2) is 14.1 Å². The van der Waals surface area contributed by atoms with Gasteiger partial charge in [0.15, 0.2) is 0 Å². The van der Waals surface area contributed by atoms with Crippen molar-refractivity contribution in [3.05, 3.63) is 35.2 Å². The molecule has 0 heterocycles. The third kappa shape index (κ3) is 4.27. The Morgan fingerprint density at radius 2 is 1.79 bits per heavy atom. The molecule has 2 N–H and O–H groups in total. The Kier molecular flexibility index (Phi) is 6.40. The molecule has 0 atom stereocenters. The van der Waals surface area contributed by atoms with E-state index in [2.05, 4.69) is 30.6 Å². The first-order valence-electron chi connectivity index (χ1n) is 7.02. The summed E-state index contributed by atoms with van der Waals surface area (Å²) in [6, 6.07) is 3.47. The van der Waals surface area contributed by atoms with E-state index in [9.17, 15) is 4.39 Å². The van der Waals surface area contributed by atoms with E-state index in [1.54, 1.807) is 13.1 Å². The molecule has 0 aliphatic carbocycles. The van der Waals surface area contributed by atoms with Crippen molar-refractivity contribution in [1.82, 2.24) is 0 Å². The summed E-state index contributed by atoms with van der Waals surface area (Å²) in [4.78, 5) is 0. The molecule has 0 bridgehead atoms. The van der Waals surface area contributed by atoms with Gasteiger partial charge in [0.25, 0.3) is 0 Å². The molecule has 1 rings (SSSR count). The quantitative estimate of drug-likeness (QED) is 0.704. The van der Waals surface area contributed by atoms with Gasteiger partial charge in [-0.05, 0) is 43.4 Å². The summed E-state index contributed by atoms with van der Waals surface area (Å²) in [5.41, 5.74) is 3.92. The lowest BCUT2D eigenvalue weighted by Crippen LogP contribution is -2.01. The van der Waals surface area contributed by atoms with Crippen LogP contribution in [0.5, 0.6) is 0 Å². The lowest BCUT2D eigenvalue weighted by atomic mass is 10.0. The fraction of sp³-hybridized carbons (Fsp3) is 0.500. The number of benzene rings is 1. The first-order valence-corrected chi connectivity index (χ1v) is 7.02. The van der Waals surface area contributed by atoms with Crippen molar-refractivity contribution < 1.29 is 4.39 Å². The summed E-state index contributed by atoms with van der Waals surface area (Å²) >= 11 is 0. The Morgan fingerprint density at radius 1 is 1.16 bits per heavy atom. The van der Waals surface area contributed by atoms with Crippen molar-refractivity contribution >= 4 is 11.4 Å². The van der Waals surface area contributed by atoms with Gasteiger partial charge in [-0.2, -0.15) is 0 Å². The van der Waals surface area contributed by atoms with E-state index in [0.29, 0.717) is 0 Å². The molecule has 0 saturated carbocycles. The van der Waals surface area contributed by atoms with Crippen LogP contribution in [0.4, 0.5) is 15.8 Å². The van der Waals surface area contributed by atoms with E-state index in [1.165, 1.54) is 5.57 Å². The number of nitrogens with one attached hydrogen (secondary N) is 2. The summed E-state index contributed by atoms with van der Waals surface area (Å²) in [7, 11) is 3.65. The van der Waals surface area contributed by atoms with Crippen molar-refractivity contribution in [2.75, 3.05) is 24.7 Å². The van der Waals surface area contributed by atoms with Gasteiger partial charge in [0.2, 0.25) is 0 Å². The molecule has 1 aromatic carbocycles. The van der Waals surface area contributed by atoms with Crippen molar-refractivity contribution in [3.8, 4) is 0 Å². The third-order valence-electron chi connectivity index (χ3n) is 3.39. The van der Waals surface area contributed by atoms with Crippen molar-refractivity contribution in [3.63, 3.8) is 0 Å². The van der Waals surface area contributed by atoms with Crippen LogP contribution in [0.2, 0.25) is 0 Å². The van der Waals surface area contributed by atoms with Crippen LogP contribution in [0, 0.1) is 5.82 Å². The van der Waals surface area contributed by atoms with Gasteiger partial charge in [0.05, 0.1) is 11.4 Å². The minimum atomic E-state index is -0.129. The molecular weight excluding hydrogens is 239 g/mol.